The molecule has 0 aromatic heterocycles. The zero-order chi connectivity index (χ0) is 19.5. The van der Waals surface area contributed by atoms with Gasteiger partial charge in [0, 0.05) is 6.54 Å². The minimum atomic E-state index is -0.655. The second-order valence-corrected chi connectivity index (χ2v) is 8.11. The molecule has 2 amide bonds. The minimum absolute atomic E-state index is 0.247. The van der Waals surface area contributed by atoms with Gasteiger partial charge in [0.1, 0.15) is 11.6 Å². The van der Waals surface area contributed by atoms with Crippen LogP contribution in [0.5, 0.6) is 0 Å². The molecule has 0 aliphatic carbocycles. The summed E-state index contributed by atoms with van der Waals surface area (Å²) >= 11 is 0. The second-order valence-electron chi connectivity index (χ2n) is 8.11. The van der Waals surface area contributed by atoms with Gasteiger partial charge in [-0.15, -0.1) is 0 Å². The van der Waals surface area contributed by atoms with Crippen LogP contribution in [0.25, 0.3) is 0 Å². The van der Waals surface area contributed by atoms with E-state index >= 15 is 0 Å². The van der Waals surface area contributed by atoms with E-state index in [-0.39, 0.29) is 5.92 Å². The summed E-state index contributed by atoms with van der Waals surface area (Å²) in [5, 5.41) is 2.80. The van der Waals surface area contributed by atoms with Crippen molar-refractivity contribution < 1.29 is 19.1 Å². The number of ketones is 1. The highest BCUT2D eigenvalue weighted by molar-refractivity contribution is 6.44. The number of ether oxygens (including phenoxy) is 1. The summed E-state index contributed by atoms with van der Waals surface area (Å²) in [6.07, 6.45) is 0.00349. The molecule has 0 spiro atoms. The van der Waals surface area contributed by atoms with Crippen molar-refractivity contribution in [2.75, 3.05) is 0 Å². The number of β-lactam (4-membered cyclic amide) rings is 1. The maximum Gasteiger partial charge on any atom is 0.407 e. The summed E-state index contributed by atoms with van der Waals surface area (Å²) in [6.45, 7) is 9.71. The molecule has 1 aromatic carbocycles. The Labute approximate surface area is 154 Å². The van der Waals surface area contributed by atoms with Crippen molar-refractivity contribution in [3.8, 4) is 0 Å². The van der Waals surface area contributed by atoms with E-state index in [4.69, 9.17) is 4.74 Å². The van der Waals surface area contributed by atoms with Gasteiger partial charge < -0.3 is 15.0 Å². The Hall–Kier alpha value is -2.37. The van der Waals surface area contributed by atoms with E-state index in [9.17, 15) is 14.4 Å². The molecule has 1 aliphatic rings. The number of amides is 2. The van der Waals surface area contributed by atoms with E-state index < -0.39 is 35.5 Å². The molecule has 2 rings (SSSR count). The minimum Gasteiger partial charge on any atom is -0.444 e. The molecule has 1 aromatic rings. The standard InChI is InChI=1S/C20H28N2O4/c1-13(2)11-15(21-19(25)26-20(3,4)5)16-17(23)18(24)22(16)12-14-9-7-6-8-10-14/h6-10,13,15-16H,11-12H2,1-5H3,(H,21,25)/t15-,16+/m0/s1. The third kappa shape index (κ3) is 5.07. The number of alkyl carbamates (subject to hydrolysis) is 1. The number of nitrogens with zero attached hydrogens (tertiary/aromatic N) is 1. The molecule has 1 saturated heterocycles. The average molecular weight is 360 g/mol. The summed E-state index contributed by atoms with van der Waals surface area (Å²) in [5.74, 6) is -0.710. The molecule has 0 bridgehead atoms. The van der Waals surface area contributed by atoms with E-state index in [0.717, 1.165) is 5.56 Å². The first-order valence-corrected chi connectivity index (χ1v) is 8.96. The molecule has 26 heavy (non-hydrogen) atoms. The van der Waals surface area contributed by atoms with Crippen molar-refractivity contribution in [3.63, 3.8) is 0 Å². The molecule has 6 heteroatoms. The first-order chi connectivity index (χ1) is 12.1. The molecule has 1 fully saturated rings. The van der Waals surface area contributed by atoms with Gasteiger partial charge in [0.2, 0.25) is 5.78 Å². The second kappa shape index (κ2) is 7.89. The summed E-state index contributed by atoms with van der Waals surface area (Å²) < 4.78 is 5.32. The Balaban J connectivity index is 2.14. The zero-order valence-electron chi connectivity index (χ0n) is 16.1. The number of hydrogen-bond donors (Lipinski definition) is 1. The number of Topliss-reactive ketones (excluding diaryl/α,β-unsaturated/α-hetero) is 1. The van der Waals surface area contributed by atoms with Crippen LogP contribution in [0.2, 0.25) is 0 Å². The molecule has 0 unspecified atom stereocenters. The van der Waals surface area contributed by atoms with Gasteiger partial charge in [-0.05, 0) is 38.7 Å². The lowest BCUT2D eigenvalue weighted by atomic mass is 9.87. The van der Waals surface area contributed by atoms with Gasteiger partial charge in [0.05, 0.1) is 6.04 Å². The maximum absolute atomic E-state index is 12.3. The van der Waals surface area contributed by atoms with Crippen molar-refractivity contribution in [2.24, 2.45) is 5.92 Å². The van der Waals surface area contributed by atoms with Gasteiger partial charge >= 0.3 is 6.09 Å². The van der Waals surface area contributed by atoms with Crippen LogP contribution in [0, 0.1) is 5.92 Å². The number of hydrogen-bond acceptors (Lipinski definition) is 4. The van der Waals surface area contributed by atoms with Crippen LogP contribution in [0.3, 0.4) is 0 Å². The van der Waals surface area contributed by atoms with Gasteiger partial charge in [-0.2, -0.15) is 0 Å². The number of benzene rings is 1. The lowest BCUT2D eigenvalue weighted by Gasteiger charge is -2.43. The normalized spacial score (nSPS) is 18.5. The Morgan fingerprint density at radius 1 is 1.19 bits per heavy atom. The first-order valence-electron chi connectivity index (χ1n) is 8.96. The third-order valence-corrected chi connectivity index (χ3v) is 4.08. The molecule has 0 radical (unpaired) electrons. The average Bonchev–Trinajstić information content (AvgIpc) is 2.52. The molecule has 0 saturated carbocycles. The molecular weight excluding hydrogens is 332 g/mol. The SMILES string of the molecule is CC(C)C[C@H](NC(=O)OC(C)(C)C)[C@@H]1C(=O)C(=O)N1Cc1ccccc1. The van der Waals surface area contributed by atoms with Gasteiger partial charge in [-0.25, -0.2) is 4.79 Å². The van der Waals surface area contributed by atoms with Gasteiger partial charge in [-0.1, -0.05) is 44.2 Å². The fourth-order valence-corrected chi connectivity index (χ4v) is 3.05. The predicted octanol–water partition coefficient (Wildman–Crippen LogP) is 2.91. The van der Waals surface area contributed by atoms with E-state index in [1.54, 1.807) is 20.8 Å². The van der Waals surface area contributed by atoms with Crippen LogP contribution >= 0.6 is 0 Å². The zero-order valence-corrected chi connectivity index (χ0v) is 16.1. The van der Waals surface area contributed by atoms with Crippen molar-refractivity contribution in [2.45, 2.75) is 65.3 Å². The predicted molar refractivity (Wildman–Crippen MR) is 98.4 cm³/mol. The topological polar surface area (TPSA) is 75.7 Å². The number of rotatable bonds is 6. The molecule has 1 heterocycles. The summed E-state index contributed by atoms with van der Waals surface area (Å²) in [5.41, 5.74) is 0.314. The highest BCUT2D eigenvalue weighted by Gasteiger charge is 2.50. The summed E-state index contributed by atoms with van der Waals surface area (Å²) in [4.78, 5) is 38.1. The highest BCUT2D eigenvalue weighted by atomic mass is 16.6. The number of carbonyl (C=O) groups excluding carboxylic acids is 3. The van der Waals surface area contributed by atoms with Crippen LogP contribution in [-0.2, 0) is 20.9 Å². The van der Waals surface area contributed by atoms with Gasteiger partial charge in [0.25, 0.3) is 5.91 Å². The Bertz CT molecular complexity index is 664. The van der Waals surface area contributed by atoms with Gasteiger partial charge in [-0.3, -0.25) is 9.59 Å². The molecular formula is C20H28N2O4. The van der Waals surface area contributed by atoms with Crippen LogP contribution in [0.4, 0.5) is 4.79 Å². The fraction of sp³-hybridized carbons (Fsp3) is 0.550. The van der Waals surface area contributed by atoms with Crippen LogP contribution < -0.4 is 5.32 Å². The molecule has 142 valence electrons. The van der Waals surface area contributed by atoms with Crippen molar-refractivity contribution in [3.05, 3.63) is 35.9 Å². The van der Waals surface area contributed by atoms with E-state index in [1.807, 2.05) is 44.2 Å². The van der Waals surface area contributed by atoms with Crippen LogP contribution in [-0.4, -0.2) is 40.4 Å². The monoisotopic (exact) mass is 360 g/mol. The lowest BCUT2D eigenvalue weighted by Crippen LogP contribution is -2.69. The number of carbonyl (C=O) groups is 3. The fourth-order valence-electron chi connectivity index (χ4n) is 3.05. The molecule has 1 aliphatic heterocycles. The van der Waals surface area contributed by atoms with Crippen molar-refractivity contribution in [1.29, 1.82) is 0 Å². The summed E-state index contributed by atoms with van der Waals surface area (Å²) in [6, 6.07) is 8.37. The van der Waals surface area contributed by atoms with E-state index in [1.165, 1.54) is 4.90 Å². The third-order valence-electron chi connectivity index (χ3n) is 4.08. The largest absolute Gasteiger partial charge is 0.444 e. The molecule has 1 N–H and O–H groups in total. The molecule has 6 nitrogen and oxygen atoms in total. The molecule has 2 atom stereocenters. The number of likely N-dealkylation sites (tertiary alicyclic amines) is 1. The lowest BCUT2D eigenvalue weighted by molar-refractivity contribution is -0.163. The smallest absolute Gasteiger partial charge is 0.407 e. The van der Waals surface area contributed by atoms with Crippen molar-refractivity contribution >= 4 is 17.8 Å². The quantitative estimate of drug-likeness (QED) is 0.625. The first kappa shape index (κ1) is 19.9. The van der Waals surface area contributed by atoms with Crippen molar-refractivity contribution in [1.82, 2.24) is 10.2 Å². The van der Waals surface area contributed by atoms with Gasteiger partial charge in [0.15, 0.2) is 0 Å². The highest BCUT2D eigenvalue weighted by Crippen LogP contribution is 2.25. The Morgan fingerprint density at radius 2 is 1.81 bits per heavy atom. The summed E-state index contributed by atoms with van der Waals surface area (Å²) in [7, 11) is 0. The Kier molecular flexibility index (Phi) is 6.05. The van der Waals surface area contributed by atoms with Crippen LogP contribution in [0.15, 0.2) is 30.3 Å². The van der Waals surface area contributed by atoms with Crippen LogP contribution in [0.1, 0.15) is 46.6 Å². The van der Waals surface area contributed by atoms with E-state index in [2.05, 4.69) is 5.32 Å². The maximum atomic E-state index is 12.3. The van der Waals surface area contributed by atoms with E-state index in [0.29, 0.717) is 13.0 Å². The number of nitrogens with one attached hydrogen (secondary N) is 1. The Morgan fingerprint density at radius 3 is 2.35 bits per heavy atom.